The van der Waals surface area contributed by atoms with Gasteiger partial charge in [-0.15, -0.1) is 0 Å². The first-order chi connectivity index (χ1) is 17.1. The molecule has 2 aromatic rings. The predicted molar refractivity (Wildman–Crippen MR) is 126 cm³/mol. The summed E-state index contributed by atoms with van der Waals surface area (Å²) in [4.78, 5) is 36.0. The minimum absolute atomic E-state index is 0.0465. The third-order valence-corrected chi connectivity index (χ3v) is 4.59. The zero-order valence-electron chi connectivity index (χ0n) is 20.4. The first-order valence-electron chi connectivity index (χ1n) is 10.7. The number of aliphatic carboxylic acids is 1. The number of hydrogen-bond donors (Lipinski definition) is 3. The van der Waals surface area contributed by atoms with E-state index in [9.17, 15) is 31.9 Å². The molecule has 0 bridgehead atoms. The molecule has 0 spiro atoms. The largest absolute Gasteiger partial charge is 0.480 e. The molecule has 13 heteroatoms. The highest BCUT2D eigenvalue weighted by atomic mass is 35.5. The van der Waals surface area contributed by atoms with E-state index in [1.807, 2.05) is 0 Å². The van der Waals surface area contributed by atoms with Crippen LogP contribution >= 0.6 is 11.8 Å². The van der Waals surface area contributed by atoms with Gasteiger partial charge in [-0.25, -0.2) is 32.0 Å². The Kier molecular flexibility index (Phi) is 12.3. The second kappa shape index (κ2) is 14.4. The van der Waals surface area contributed by atoms with E-state index >= 15 is 0 Å². The number of ether oxygens (including phenoxy) is 2. The number of carboxylic acids is 1. The Balaban J connectivity index is 0.000000384. The van der Waals surface area contributed by atoms with Crippen LogP contribution in [0.4, 0.5) is 22.4 Å². The van der Waals surface area contributed by atoms with Crippen molar-refractivity contribution in [3.05, 3.63) is 70.8 Å². The summed E-state index contributed by atoms with van der Waals surface area (Å²) in [6.45, 7) is 4.89. The second-order valence-corrected chi connectivity index (χ2v) is 8.90. The molecule has 0 aliphatic carbocycles. The lowest BCUT2D eigenvalue weighted by Crippen LogP contribution is -2.44. The molecule has 3 N–H and O–H groups in total. The Morgan fingerprint density at radius 2 is 1.27 bits per heavy atom. The van der Waals surface area contributed by atoms with E-state index in [1.165, 1.54) is 7.11 Å². The summed E-state index contributed by atoms with van der Waals surface area (Å²) >= 11 is 5.33. The van der Waals surface area contributed by atoms with E-state index in [-0.39, 0.29) is 18.4 Å². The SMILES string of the molecule is CC(C)(C)OC(=O)N[C@@H](Cc1cc(F)cc(F)c1)C(=O)O.COC(=O)[C@H](Cc1cc(F)cc(F)c1)NCl. The summed E-state index contributed by atoms with van der Waals surface area (Å²) in [5.74, 6) is -4.95. The van der Waals surface area contributed by atoms with Gasteiger partial charge in [-0.2, -0.15) is 0 Å². The fourth-order valence-electron chi connectivity index (χ4n) is 2.89. The van der Waals surface area contributed by atoms with Crippen LogP contribution < -0.4 is 10.2 Å². The van der Waals surface area contributed by atoms with Gasteiger partial charge < -0.3 is 19.9 Å². The first kappa shape index (κ1) is 31.6. The van der Waals surface area contributed by atoms with Crippen LogP contribution in [0.3, 0.4) is 0 Å². The Labute approximate surface area is 216 Å². The van der Waals surface area contributed by atoms with Crippen molar-refractivity contribution in [2.24, 2.45) is 0 Å². The van der Waals surface area contributed by atoms with Crippen molar-refractivity contribution in [3.63, 3.8) is 0 Å². The second-order valence-electron chi connectivity index (χ2n) is 8.69. The lowest BCUT2D eigenvalue weighted by Gasteiger charge is -2.22. The standard InChI is InChI=1S/C14H17F2NO4.C10H10ClF2NO2/c1-14(2,3)21-13(20)17-11(12(18)19)6-8-4-9(15)7-10(16)5-8;1-16-10(15)9(14-11)4-6-2-7(12)5-8(13)3-6/h4-5,7,11H,6H2,1-3H3,(H,17,20)(H,18,19);2-3,5,9,14H,4H2,1H3/t11-;9-/m00/s1. The molecule has 8 nitrogen and oxygen atoms in total. The summed E-state index contributed by atoms with van der Waals surface area (Å²) < 4.78 is 61.2. The molecule has 0 unspecified atom stereocenters. The summed E-state index contributed by atoms with van der Waals surface area (Å²) in [7, 11) is 1.20. The topological polar surface area (TPSA) is 114 Å². The predicted octanol–water partition coefficient (Wildman–Crippen LogP) is 4.28. The molecular weight excluding hydrogens is 524 g/mol. The number of carbonyl (C=O) groups excluding carboxylic acids is 2. The van der Waals surface area contributed by atoms with Gasteiger partial charge in [0, 0.05) is 18.6 Å². The number of nitrogens with one attached hydrogen (secondary N) is 2. The molecule has 0 saturated carbocycles. The van der Waals surface area contributed by atoms with E-state index in [0.29, 0.717) is 11.6 Å². The highest BCUT2D eigenvalue weighted by molar-refractivity contribution is 6.14. The fourth-order valence-corrected chi connectivity index (χ4v) is 3.05. The third-order valence-electron chi connectivity index (χ3n) is 4.33. The van der Waals surface area contributed by atoms with Gasteiger partial charge in [0.15, 0.2) is 0 Å². The number of hydrogen-bond acceptors (Lipinski definition) is 6. The monoisotopic (exact) mass is 550 g/mol. The molecule has 0 aliphatic rings. The number of benzene rings is 2. The van der Waals surface area contributed by atoms with Crippen LogP contribution in [0.2, 0.25) is 0 Å². The van der Waals surface area contributed by atoms with E-state index in [0.717, 1.165) is 30.3 Å². The smallest absolute Gasteiger partial charge is 0.408 e. The van der Waals surface area contributed by atoms with Gasteiger partial charge in [0.1, 0.15) is 41.0 Å². The number of carboxylic acid groups (broad SMARTS) is 1. The molecule has 0 heterocycles. The highest BCUT2D eigenvalue weighted by Crippen LogP contribution is 2.13. The molecule has 2 rings (SSSR count). The van der Waals surface area contributed by atoms with Crippen molar-refractivity contribution in [2.75, 3.05) is 7.11 Å². The number of methoxy groups -OCH3 is 1. The number of amides is 1. The van der Waals surface area contributed by atoms with E-state index < -0.39 is 59.0 Å². The Bertz CT molecular complexity index is 1060. The normalized spacial score (nSPS) is 12.5. The molecule has 0 fully saturated rings. The number of rotatable bonds is 8. The lowest BCUT2D eigenvalue weighted by molar-refractivity contribution is -0.142. The van der Waals surface area contributed by atoms with Crippen LogP contribution in [0, 0.1) is 23.3 Å². The maximum absolute atomic E-state index is 13.1. The van der Waals surface area contributed by atoms with Crippen LogP contribution in [0.1, 0.15) is 31.9 Å². The zero-order valence-corrected chi connectivity index (χ0v) is 21.2. The fraction of sp³-hybridized carbons (Fsp3) is 0.375. The van der Waals surface area contributed by atoms with Crippen molar-refractivity contribution in [2.45, 2.75) is 51.3 Å². The molecular formula is C24H27ClF4N2O6. The van der Waals surface area contributed by atoms with Crippen molar-refractivity contribution >= 4 is 29.8 Å². The van der Waals surface area contributed by atoms with Gasteiger partial charge in [0.2, 0.25) is 0 Å². The average Bonchev–Trinajstić information content (AvgIpc) is 2.74. The van der Waals surface area contributed by atoms with Crippen molar-refractivity contribution in [3.8, 4) is 0 Å². The number of carbonyl (C=O) groups is 3. The maximum atomic E-state index is 13.1. The maximum Gasteiger partial charge on any atom is 0.408 e. The molecule has 2 atom stereocenters. The molecule has 0 aromatic heterocycles. The molecule has 0 saturated heterocycles. The summed E-state index contributed by atoms with van der Waals surface area (Å²) in [5.41, 5.74) is -0.338. The number of halogens is 5. The Morgan fingerprint density at radius 1 is 0.865 bits per heavy atom. The van der Waals surface area contributed by atoms with Crippen molar-refractivity contribution < 1.29 is 46.5 Å². The van der Waals surface area contributed by atoms with Gasteiger partial charge in [0.05, 0.1) is 7.11 Å². The van der Waals surface area contributed by atoms with Gasteiger partial charge in [-0.1, -0.05) is 0 Å². The minimum atomic E-state index is -1.35. The number of alkyl carbamates (subject to hydrolysis) is 1. The molecule has 1 amide bonds. The number of esters is 1. The Morgan fingerprint density at radius 3 is 1.59 bits per heavy atom. The van der Waals surface area contributed by atoms with Gasteiger partial charge in [0.25, 0.3) is 0 Å². The molecule has 2 aromatic carbocycles. The van der Waals surface area contributed by atoms with Crippen molar-refractivity contribution in [1.82, 2.24) is 10.2 Å². The molecule has 0 radical (unpaired) electrons. The van der Waals surface area contributed by atoms with Crippen LogP contribution in [0.15, 0.2) is 36.4 Å². The Hall–Kier alpha value is -3.38. The minimum Gasteiger partial charge on any atom is -0.480 e. The van der Waals surface area contributed by atoms with Gasteiger partial charge in [-0.05, 0) is 74.4 Å². The van der Waals surface area contributed by atoms with E-state index in [4.69, 9.17) is 21.6 Å². The summed E-state index contributed by atoms with van der Waals surface area (Å²) in [5, 5.41) is 11.2. The van der Waals surface area contributed by atoms with E-state index in [2.05, 4.69) is 14.9 Å². The van der Waals surface area contributed by atoms with Crippen LogP contribution in [-0.2, 0) is 31.9 Å². The third kappa shape index (κ3) is 12.4. The highest BCUT2D eigenvalue weighted by Gasteiger charge is 2.24. The molecule has 37 heavy (non-hydrogen) atoms. The molecule has 0 aliphatic heterocycles. The average molecular weight is 551 g/mol. The lowest BCUT2D eigenvalue weighted by atomic mass is 10.1. The van der Waals surface area contributed by atoms with Gasteiger partial charge in [-0.3, -0.25) is 4.79 Å². The molecule has 204 valence electrons. The van der Waals surface area contributed by atoms with Crippen LogP contribution in [0.5, 0.6) is 0 Å². The van der Waals surface area contributed by atoms with Gasteiger partial charge >= 0.3 is 18.0 Å². The first-order valence-corrected chi connectivity index (χ1v) is 11.1. The van der Waals surface area contributed by atoms with Crippen LogP contribution in [0.25, 0.3) is 0 Å². The van der Waals surface area contributed by atoms with Crippen LogP contribution in [-0.4, -0.2) is 47.9 Å². The van der Waals surface area contributed by atoms with E-state index in [1.54, 1.807) is 20.8 Å². The van der Waals surface area contributed by atoms with Crippen molar-refractivity contribution in [1.29, 1.82) is 0 Å². The zero-order chi connectivity index (χ0) is 28.3. The quantitative estimate of drug-likeness (QED) is 0.255. The summed E-state index contributed by atoms with van der Waals surface area (Å²) in [6, 6.07) is 3.53. The summed E-state index contributed by atoms with van der Waals surface area (Å²) in [6.07, 6.45) is -1.12.